The van der Waals surface area contributed by atoms with Crippen molar-refractivity contribution in [1.29, 1.82) is 0 Å². The zero-order valence-electron chi connectivity index (χ0n) is 8.52. The van der Waals surface area contributed by atoms with E-state index in [1.54, 1.807) is 6.92 Å². The van der Waals surface area contributed by atoms with Crippen molar-refractivity contribution in [1.82, 2.24) is 0 Å². The Morgan fingerprint density at radius 1 is 1.54 bits per heavy atom. The van der Waals surface area contributed by atoms with Crippen molar-refractivity contribution in [2.45, 2.75) is 38.5 Å². The van der Waals surface area contributed by atoms with Gasteiger partial charge >= 0.3 is 5.97 Å². The number of hydrogen-bond donors (Lipinski definition) is 0. The number of halogens is 1. The SMILES string of the molecule is C=C(C)C(=O)OCCCC(C)(C)Cl. The third-order valence-corrected chi connectivity index (χ3v) is 1.69. The van der Waals surface area contributed by atoms with E-state index in [9.17, 15) is 4.79 Å². The molecule has 0 saturated heterocycles. The van der Waals surface area contributed by atoms with E-state index in [0.717, 1.165) is 12.8 Å². The summed E-state index contributed by atoms with van der Waals surface area (Å²) in [5.41, 5.74) is 0.435. The number of ether oxygens (including phenoxy) is 1. The molecule has 0 aromatic heterocycles. The Balaban J connectivity index is 3.47. The Labute approximate surface area is 84.9 Å². The first-order valence-electron chi connectivity index (χ1n) is 4.34. The van der Waals surface area contributed by atoms with Gasteiger partial charge in [0.05, 0.1) is 6.61 Å². The first-order valence-corrected chi connectivity index (χ1v) is 4.72. The third-order valence-electron chi connectivity index (χ3n) is 1.50. The summed E-state index contributed by atoms with van der Waals surface area (Å²) in [6.45, 7) is 9.41. The molecule has 0 saturated carbocycles. The quantitative estimate of drug-likeness (QED) is 0.298. The largest absolute Gasteiger partial charge is 0.462 e. The fourth-order valence-corrected chi connectivity index (χ4v) is 0.914. The lowest BCUT2D eigenvalue weighted by atomic mass is 10.1. The van der Waals surface area contributed by atoms with Crippen molar-refractivity contribution < 1.29 is 9.53 Å². The maximum atomic E-state index is 10.9. The molecular weight excluding hydrogens is 188 g/mol. The summed E-state index contributed by atoms with van der Waals surface area (Å²) >= 11 is 5.95. The van der Waals surface area contributed by atoms with Crippen LogP contribution in [0.25, 0.3) is 0 Å². The molecule has 0 amide bonds. The van der Waals surface area contributed by atoms with E-state index in [0.29, 0.717) is 12.2 Å². The minimum Gasteiger partial charge on any atom is -0.462 e. The zero-order chi connectivity index (χ0) is 10.5. The summed E-state index contributed by atoms with van der Waals surface area (Å²) in [4.78, 5) is 10.7. The zero-order valence-corrected chi connectivity index (χ0v) is 9.28. The van der Waals surface area contributed by atoms with Crippen LogP contribution in [0.4, 0.5) is 0 Å². The van der Waals surface area contributed by atoms with Crippen LogP contribution in [0.1, 0.15) is 33.6 Å². The van der Waals surface area contributed by atoms with Crippen LogP contribution in [0, 0.1) is 0 Å². The van der Waals surface area contributed by atoms with E-state index in [1.165, 1.54) is 0 Å². The number of hydrogen-bond acceptors (Lipinski definition) is 2. The fraction of sp³-hybridized carbons (Fsp3) is 0.700. The highest BCUT2D eigenvalue weighted by Crippen LogP contribution is 2.19. The second-order valence-electron chi connectivity index (χ2n) is 3.74. The van der Waals surface area contributed by atoms with Crippen LogP contribution in [-0.4, -0.2) is 17.5 Å². The van der Waals surface area contributed by atoms with Gasteiger partial charge in [-0.25, -0.2) is 4.79 Å². The lowest BCUT2D eigenvalue weighted by Crippen LogP contribution is -2.13. The fourth-order valence-electron chi connectivity index (χ4n) is 0.781. The summed E-state index contributed by atoms with van der Waals surface area (Å²) in [5, 5.41) is 0. The molecule has 0 aliphatic rings. The highest BCUT2D eigenvalue weighted by atomic mass is 35.5. The molecule has 0 fully saturated rings. The van der Waals surface area contributed by atoms with Crippen molar-refractivity contribution >= 4 is 17.6 Å². The van der Waals surface area contributed by atoms with Crippen LogP contribution < -0.4 is 0 Å². The molecule has 76 valence electrons. The van der Waals surface area contributed by atoms with Crippen LogP contribution in [0.3, 0.4) is 0 Å². The third kappa shape index (κ3) is 7.85. The molecule has 3 heteroatoms. The van der Waals surface area contributed by atoms with Crippen LogP contribution >= 0.6 is 11.6 Å². The van der Waals surface area contributed by atoms with E-state index in [4.69, 9.17) is 16.3 Å². The van der Waals surface area contributed by atoms with Crippen molar-refractivity contribution in [3.05, 3.63) is 12.2 Å². The highest BCUT2D eigenvalue weighted by molar-refractivity contribution is 6.23. The number of rotatable bonds is 5. The molecule has 0 N–H and O–H groups in total. The molecule has 0 aromatic rings. The molecule has 0 aliphatic heterocycles. The lowest BCUT2D eigenvalue weighted by molar-refractivity contribution is -0.139. The topological polar surface area (TPSA) is 26.3 Å². The van der Waals surface area contributed by atoms with Gasteiger partial charge in [0, 0.05) is 10.4 Å². The first kappa shape index (κ1) is 12.5. The van der Waals surface area contributed by atoms with E-state index >= 15 is 0 Å². The molecule has 0 unspecified atom stereocenters. The van der Waals surface area contributed by atoms with Gasteiger partial charge in [-0.3, -0.25) is 0 Å². The first-order chi connectivity index (χ1) is 5.83. The maximum absolute atomic E-state index is 10.9. The van der Waals surface area contributed by atoms with Crippen molar-refractivity contribution in [2.75, 3.05) is 6.61 Å². The van der Waals surface area contributed by atoms with Crippen LogP contribution in [0.2, 0.25) is 0 Å². The van der Waals surface area contributed by atoms with Gasteiger partial charge < -0.3 is 4.74 Å². The summed E-state index contributed by atoms with van der Waals surface area (Å²) < 4.78 is 4.90. The lowest BCUT2D eigenvalue weighted by Gasteiger charge is -2.14. The molecule has 0 bridgehead atoms. The monoisotopic (exact) mass is 204 g/mol. The van der Waals surface area contributed by atoms with Crippen molar-refractivity contribution in [3.63, 3.8) is 0 Å². The maximum Gasteiger partial charge on any atom is 0.333 e. The normalized spacial score (nSPS) is 11.1. The van der Waals surface area contributed by atoms with E-state index in [-0.39, 0.29) is 10.8 Å². The molecule has 13 heavy (non-hydrogen) atoms. The summed E-state index contributed by atoms with van der Waals surface area (Å²) in [6, 6.07) is 0. The Hall–Kier alpha value is -0.500. The Morgan fingerprint density at radius 3 is 2.46 bits per heavy atom. The molecule has 0 atom stereocenters. The Bertz CT molecular complexity index is 192. The standard InChI is InChI=1S/C10H17ClO2/c1-8(2)9(12)13-7-5-6-10(3,4)11/h1,5-7H2,2-4H3. The van der Waals surface area contributed by atoms with Crippen molar-refractivity contribution in [3.8, 4) is 0 Å². The number of carbonyl (C=O) groups is 1. The van der Waals surface area contributed by atoms with Gasteiger partial charge in [-0.05, 0) is 33.6 Å². The van der Waals surface area contributed by atoms with Gasteiger partial charge in [0.15, 0.2) is 0 Å². The second-order valence-corrected chi connectivity index (χ2v) is 4.76. The average molecular weight is 205 g/mol. The molecule has 0 spiro atoms. The van der Waals surface area contributed by atoms with Gasteiger partial charge in [-0.1, -0.05) is 6.58 Å². The number of esters is 1. The predicted octanol–water partition coefficient (Wildman–Crippen LogP) is 2.90. The average Bonchev–Trinajstić information content (AvgIpc) is 1.95. The van der Waals surface area contributed by atoms with Crippen LogP contribution in [-0.2, 0) is 9.53 Å². The molecule has 0 heterocycles. The number of alkyl halides is 1. The molecule has 0 rings (SSSR count). The van der Waals surface area contributed by atoms with E-state index in [1.807, 2.05) is 13.8 Å². The molecule has 0 aliphatic carbocycles. The molecule has 0 radical (unpaired) electrons. The predicted molar refractivity (Wildman–Crippen MR) is 54.9 cm³/mol. The Kier molecular flexibility index (Phi) is 5.07. The second kappa shape index (κ2) is 5.28. The Morgan fingerprint density at radius 2 is 2.08 bits per heavy atom. The van der Waals surface area contributed by atoms with Gasteiger partial charge in [0.2, 0.25) is 0 Å². The molecular formula is C10H17ClO2. The van der Waals surface area contributed by atoms with Crippen molar-refractivity contribution in [2.24, 2.45) is 0 Å². The van der Waals surface area contributed by atoms with Gasteiger partial charge in [0.25, 0.3) is 0 Å². The smallest absolute Gasteiger partial charge is 0.333 e. The molecule has 2 nitrogen and oxygen atoms in total. The summed E-state index contributed by atoms with van der Waals surface area (Å²) in [7, 11) is 0. The number of carbonyl (C=O) groups excluding carboxylic acids is 1. The van der Waals surface area contributed by atoms with Crippen LogP contribution in [0.15, 0.2) is 12.2 Å². The molecule has 0 aromatic carbocycles. The summed E-state index contributed by atoms with van der Waals surface area (Å²) in [5.74, 6) is -0.327. The minimum absolute atomic E-state index is 0.213. The van der Waals surface area contributed by atoms with Gasteiger partial charge in [0.1, 0.15) is 0 Å². The highest BCUT2D eigenvalue weighted by Gasteiger charge is 2.12. The van der Waals surface area contributed by atoms with E-state index in [2.05, 4.69) is 6.58 Å². The van der Waals surface area contributed by atoms with Gasteiger partial charge in [-0.2, -0.15) is 0 Å². The van der Waals surface area contributed by atoms with E-state index < -0.39 is 0 Å². The summed E-state index contributed by atoms with van der Waals surface area (Å²) in [6.07, 6.45) is 1.62. The van der Waals surface area contributed by atoms with Crippen LogP contribution in [0.5, 0.6) is 0 Å². The van der Waals surface area contributed by atoms with Gasteiger partial charge in [-0.15, -0.1) is 11.6 Å². The minimum atomic E-state index is -0.327.